The van der Waals surface area contributed by atoms with Crippen LogP contribution in [0.4, 0.5) is 5.69 Å². The van der Waals surface area contributed by atoms with Crippen molar-refractivity contribution in [2.75, 3.05) is 32.1 Å². The zero-order valence-electron chi connectivity index (χ0n) is 17.2. The number of aromatic nitrogens is 2. The molecule has 0 spiro atoms. The van der Waals surface area contributed by atoms with E-state index in [9.17, 15) is 4.79 Å². The Morgan fingerprint density at radius 3 is 3.00 bits per heavy atom. The Labute approximate surface area is 175 Å². The number of para-hydroxylation sites is 1. The predicted octanol–water partition coefficient (Wildman–Crippen LogP) is 3.21. The summed E-state index contributed by atoms with van der Waals surface area (Å²) in [5.41, 5.74) is 4.15. The topological polar surface area (TPSA) is 68.6 Å². The minimum Gasteiger partial charge on any atom is -0.494 e. The highest BCUT2D eigenvalue weighted by Crippen LogP contribution is 2.29. The molecule has 0 radical (unpaired) electrons. The molecular weight excluding hydrogens is 380 g/mol. The number of hydrogen-bond acceptors (Lipinski definition) is 5. The van der Waals surface area contributed by atoms with Crippen LogP contribution in [0.25, 0.3) is 11.0 Å². The fourth-order valence-corrected chi connectivity index (χ4v) is 4.33. The predicted molar refractivity (Wildman–Crippen MR) is 115 cm³/mol. The van der Waals surface area contributed by atoms with Crippen LogP contribution in [0.2, 0.25) is 0 Å². The molecule has 1 amide bonds. The molecule has 30 heavy (non-hydrogen) atoms. The first kappa shape index (κ1) is 18.9. The monoisotopic (exact) mass is 406 g/mol. The first-order valence-corrected chi connectivity index (χ1v) is 10.5. The molecule has 0 unspecified atom stereocenters. The van der Waals surface area contributed by atoms with Crippen molar-refractivity contribution in [3.8, 4) is 11.5 Å². The van der Waals surface area contributed by atoms with Crippen molar-refractivity contribution in [2.45, 2.75) is 32.4 Å². The van der Waals surface area contributed by atoms with Crippen molar-refractivity contribution in [3.63, 3.8) is 0 Å². The highest BCUT2D eigenvalue weighted by molar-refractivity contribution is 5.94. The second-order valence-electron chi connectivity index (χ2n) is 7.85. The van der Waals surface area contributed by atoms with Crippen LogP contribution in [0.1, 0.15) is 24.2 Å². The van der Waals surface area contributed by atoms with Gasteiger partial charge < -0.3 is 19.4 Å². The van der Waals surface area contributed by atoms with E-state index in [4.69, 9.17) is 14.5 Å². The molecule has 3 aromatic rings. The first-order valence-electron chi connectivity index (χ1n) is 10.5. The number of imidazole rings is 1. The van der Waals surface area contributed by atoms with Gasteiger partial charge >= 0.3 is 0 Å². The summed E-state index contributed by atoms with van der Waals surface area (Å²) in [5, 5.41) is 2.93. The van der Waals surface area contributed by atoms with E-state index in [2.05, 4.69) is 20.9 Å². The zero-order valence-corrected chi connectivity index (χ0v) is 17.2. The molecule has 156 valence electrons. The zero-order chi connectivity index (χ0) is 20.5. The third-order valence-electron chi connectivity index (χ3n) is 5.91. The van der Waals surface area contributed by atoms with Crippen molar-refractivity contribution >= 4 is 22.6 Å². The molecule has 0 bridgehead atoms. The molecule has 0 saturated heterocycles. The quantitative estimate of drug-likeness (QED) is 0.637. The van der Waals surface area contributed by atoms with Gasteiger partial charge in [0.05, 0.1) is 25.8 Å². The van der Waals surface area contributed by atoms with Gasteiger partial charge in [0.15, 0.2) is 0 Å². The average molecular weight is 406 g/mol. The van der Waals surface area contributed by atoms with Crippen LogP contribution in [0.15, 0.2) is 36.4 Å². The Hall–Kier alpha value is -3.06. The number of nitrogens with zero attached hydrogens (tertiary/aromatic N) is 3. The summed E-state index contributed by atoms with van der Waals surface area (Å²) >= 11 is 0. The smallest absolute Gasteiger partial charge is 0.224 e. The lowest BCUT2D eigenvalue weighted by atomic mass is 10.0. The minimum atomic E-state index is 0.0772. The lowest BCUT2D eigenvalue weighted by molar-refractivity contribution is -0.116. The Balaban J connectivity index is 1.16. The summed E-state index contributed by atoms with van der Waals surface area (Å²) in [5.74, 6) is 2.81. The third-order valence-corrected chi connectivity index (χ3v) is 5.91. The number of carbonyl (C=O) groups is 1. The van der Waals surface area contributed by atoms with E-state index >= 15 is 0 Å². The molecule has 5 rings (SSSR count). The maximum absolute atomic E-state index is 11.6. The molecular formula is C23H26N4O3. The number of amides is 1. The molecule has 3 heterocycles. The number of anilines is 1. The number of rotatable bonds is 6. The van der Waals surface area contributed by atoms with Gasteiger partial charge in [0.2, 0.25) is 5.91 Å². The first-order chi connectivity index (χ1) is 14.7. The van der Waals surface area contributed by atoms with Gasteiger partial charge in [-0.3, -0.25) is 9.69 Å². The van der Waals surface area contributed by atoms with Gasteiger partial charge in [-0.2, -0.15) is 0 Å². The third kappa shape index (κ3) is 3.61. The van der Waals surface area contributed by atoms with Crippen molar-refractivity contribution < 1.29 is 14.3 Å². The van der Waals surface area contributed by atoms with E-state index in [1.165, 1.54) is 5.56 Å². The maximum Gasteiger partial charge on any atom is 0.224 e. The molecule has 0 saturated carbocycles. The Morgan fingerprint density at radius 1 is 1.17 bits per heavy atom. The standard InChI is InChI=1S/C23H26N4O3/c1-29-20-5-2-4-19-23(20)25-21-15-26(11-12-27(19)21)10-3-13-30-17-8-6-16-7-9-22(28)24-18(16)14-17/h2,4-6,8,14H,3,7,9-13,15H2,1H3,(H,24,28). The van der Waals surface area contributed by atoms with Gasteiger partial charge in [0.1, 0.15) is 22.8 Å². The molecule has 7 nitrogen and oxygen atoms in total. The minimum absolute atomic E-state index is 0.0772. The van der Waals surface area contributed by atoms with E-state index < -0.39 is 0 Å². The van der Waals surface area contributed by atoms with Crippen LogP contribution in [-0.4, -0.2) is 47.2 Å². The molecule has 7 heteroatoms. The number of nitrogens with one attached hydrogen (secondary N) is 1. The average Bonchev–Trinajstić information content (AvgIpc) is 3.14. The fraction of sp³-hybridized carbons (Fsp3) is 0.391. The van der Waals surface area contributed by atoms with Gasteiger partial charge in [0.25, 0.3) is 0 Å². The van der Waals surface area contributed by atoms with E-state index in [1.54, 1.807) is 7.11 Å². The number of hydrogen-bond donors (Lipinski definition) is 1. The second-order valence-corrected chi connectivity index (χ2v) is 7.85. The van der Waals surface area contributed by atoms with Crippen LogP contribution in [0, 0.1) is 0 Å². The number of carbonyl (C=O) groups excluding carboxylic acids is 1. The van der Waals surface area contributed by atoms with Gasteiger partial charge in [-0.25, -0.2) is 4.98 Å². The van der Waals surface area contributed by atoms with Crippen LogP contribution in [0.3, 0.4) is 0 Å². The second kappa shape index (κ2) is 7.99. The number of aryl methyl sites for hydroxylation is 1. The Kier molecular flexibility index (Phi) is 5.04. The van der Waals surface area contributed by atoms with Gasteiger partial charge in [-0.1, -0.05) is 12.1 Å². The molecule has 2 aliphatic rings. The molecule has 2 aromatic carbocycles. The SMILES string of the molecule is COc1cccc2c1nc1n2CCN(CCCOc2ccc3c(c2)NC(=O)CC3)C1. The van der Waals surface area contributed by atoms with E-state index in [0.29, 0.717) is 13.0 Å². The van der Waals surface area contributed by atoms with Gasteiger partial charge in [0, 0.05) is 37.8 Å². The van der Waals surface area contributed by atoms with E-state index in [0.717, 1.165) is 73.1 Å². The summed E-state index contributed by atoms with van der Waals surface area (Å²) < 4.78 is 13.7. The lowest BCUT2D eigenvalue weighted by Gasteiger charge is -2.27. The van der Waals surface area contributed by atoms with E-state index in [1.807, 2.05) is 30.3 Å². The maximum atomic E-state index is 11.6. The molecule has 1 aromatic heterocycles. The van der Waals surface area contributed by atoms with Gasteiger partial charge in [-0.05, 0) is 36.6 Å². The highest BCUT2D eigenvalue weighted by Gasteiger charge is 2.21. The molecule has 0 atom stereocenters. The number of benzene rings is 2. The highest BCUT2D eigenvalue weighted by atomic mass is 16.5. The lowest BCUT2D eigenvalue weighted by Crippen LogP contribution is -2.35. The summed E-state index contributed by atoms with van der Waals surface area (Å²) in [6.07, 6.45) is 2.30. The van der Waals surface area contributed by atoms with Crippen molar-refractivity contribution in [1.29, 1.82) is 0 Å². The molecule has 2 aliphatic heterocycles. The number of fused-ring (bicyclic) bond motifs is 4. The normalized spacial score (nSPS) is 16.1. The summed E-state index contributed by atoms with van der Waals surface area (Å²) in [7, 11) is 1.69. The summed E-state index contributed by atoms with van der Waals surface area (Å²) in [6.45, 7) is 4.38. The van der Waals surface area contributed by atoms with Crippen molar-refractivity contribution in [3.05, 3.63) is 47.8 Å². The Morgan fingerprint density at radius 2 is 2.10 bits per heavy atom. The Bertz CT molecular complexity index is 1090. The summed E-state index contributed by atoms with van der Waals surface area (Å²) in [6, 6.07) is 12.1. The van der Waals surface area contributed by atoms with Gasteiger partial charge in [-0.15, -0.1) is 0 Å². The summed E-state index contributed by atoms with van der Waals surface area (Å²) in [4.78, 5) is 18.8. The largest absolute Gasteiger partial charge is 0.494 e. The number of methoxy groups -OCH3 is 1. The van der Waals surface area contributed by atoms with Crippen LogP contribution in [-0.2, 0) is 24.3 Å². The molecule has 0 fully saturated rings. The molecule has 1 N–H and O–H groups in total. The number of ether oxygens (including phenoxy) is 2. The fourth-order valence-electron chi connectivity index (χ4n) is 4.33. The van der Waals surface area contributed by atoms with Crippen molar-refractivity contribution in [1.82, 2.24) is 14.5 Å². The van der Waals surface area contributed by atoms with Crippen LogP contribution < -0.4 is 14.8 Å². The molecule has 0 aliphatic carbocycles. The van der Waals surface area contributed by atoms with Crippen LogP contribution in [0.5, 0.6) is 11.5 Å². The van der Waals surface area contributed by atoms with E-state index in [-0.39, 0.29) is 5.91 Å². The van der Waals surface area contributed by atoms with Crippen molar-refractivity contribution in [2.24, 2.45) is 0 Å². The van der Waals surface area contributed by atoms with Crippen LogP contribution >= 0.6 is 0 Å².